The summed E-state index contributed by atoms with van der Waals surface area (Å²) in [5, 5.41) is 0. The fourth-order valence-corrected chi connectivity index (χ4v) is 2.09. The van der Waals surface area contributed by atoms with Crippen molar-refractivity contribution in [3.63, 3.8) is 0 Å². The summed E-state index contributed by atoms with van der Waals surface area (Å²) in [6, 6.07) is 23.0. The van der Waals surface area contributed by atoms with E-state index in [0.29, 0.717) is 0 Å². The molecule has 1 heterocycles. The van der Waals surface area contributed by atoms with Gasteiger partial charge < -0.3 is 0 Å². The van der Waals surface area contributed by atoms with Crippen molar-refractivity contribution in [3.05, 3.63) is 78.5 Å². The van der Waals surface area contributed by atoms with Gasteiger partial charge in [-0.05, 0) is 18.6 Å². The van der Waals surface area contributed by atoms with Gasteiger partial charge in [0.1, 0.15) is 0 Å². The third-order valence-corrected chi connectivity index (χ3v) is 3.22. The van der Waals surface area contributed by atoms with E-state index in [2.05, 4.69) is 60.4 Å². The minimum atomic E-state index is 1.01. The Kier molecular flexibility index (Phi) is 3.11. The van der Waals surface area contributed by atoms with Crippen molar-refractivity contribution < 1.29 is 0 Å². The summed E-state index contributed by atoms with van der Waals surface area (Å²) < 4.78 is 0. The van der Waals surface area contributed by atoms with Gasteiger partial charge in [0, 0.05) is 17.3 Å². The number of aromatic nitrogens is 1. The Morgan fingerprint density at radius 2 is 1.32 bits per heavy atom. The van der Waals surface area contributed by atoms with Crippen LogP contribution in [0.2, 0.25) is 0 Å². The number of nitrogens with zero attached hydrogens (tertiary/aromatic N) is 1. The predicted octanol–water partition coefficient (Wildman–Crippen LogP) is 4.72. The van der Waals surface area contributed by atoms with E-state index in [0.717, 1.165) is 16.8 Å². The summed E-state index contributed by atoms with van der Waals surface area (Å²) in [6.07, 6.45) is 1.94. The van der Waals surface area contributed by atoms with Crippen molar-refractivity contribution in [2.45, 2.75) is 6.92 Å². The van der Waals surface area contributed by atoms with Crippen LogP contribution in [0.1, 0.15) is 5.56 Å². The highest BCUT2D eigenvalue weighted by atomic mass is 14.7. The molecule has 0 N–H and O–H groups in total. The predicted molar refractivity (Wildman–Crippen MR) is 79.8 cm³/mol. The third-order valence-electron chi connectivity index (χ3n) is 3.22. The van der Waals surface area contributed by atoms with E-state index in [-0.39, 0.29) is 0 Å². The van der Waals surface area contributed by atoms with E-state index in [1.54, 1.807) is 0 Å². The van der Waals surface area contributed by atoms with Crippen LogP contribution >= 0.6 is 0 Å². The van der Waals surface area contributed by atoms with Crippen molar-refractivity contribution in [2.24, 2.45) is 0 Å². The van der Waals surface area contributed by atoms with Gasteiger partial charge in [0.15, 0.2) is 0 Å². The quantitative estimate of drug-likeness (QED) is 0.636. The molecule has 1 aromatic heterocycles. The number of rotatable bonds is 2. The largest absolute Gasteiger partial charge is 0.256 e. The average molecular weight is 245 g/mol. The van der Waals surface area contributed by atoms with Crippen LogP contribution in [-0.4, -0.2) is 4.98 Å². The van der Waals surface area contributed by atoms with Crippen LogP contribution in [0.25, 0.3) is 22.4 Å². The molecule has 3 rings (SSSR count). The first-order valence-corrected chi connectivity index (χ1v) is 6.41. The minimum Gasteiger partial charge on any atom is -0.256 e. The molecule has 0 bridgehead atoms. The van der Waals surface area contributed by atoms with Gasteiger partial charge in [-0.15, -0.1) is 0 Å². The minimum absolute atomic E-state index is 1.01. The van der Waals surface area contributed by atoms with E-state index < -0.39 is 0 Å². The van der Waals surface area contributed by atoms with Gasteiger partial charge in [0.25, 0.3) is 0 Å². The Balaban J connectivity index is 1.93. The first kappa shape index (κ1) is 11.7. The van der Waals surface area contributed by atoms with Gasteiger partial charge in [-0.2, -0.15) is 0 Å². The molecule has 0 unspecified atom stereocenters. The Morgan fingerprint density at radius 1 is 0.632 bits per heavy atom. The van der Waals surface area contributed by atoms with Crippen LogP contribution in [0.3, 0.4) is 0 Å². The second-order valence-electron chi connectivity index (χ2n) is 4.66. The summed E-state index contributed by atoms with van der Waals surface area (Å²) in [7, 11) is 0. The van der Waals surface area contributed by atoms with Crippen molar-refractivity contribution in [1.82, 2.24) is 4.98 Å². The summed E-state index contributed by atoms with van der Waals surface area (Å²) in [4.78, 5) is 4.55. The molecule has 2 aromatic carbocycles. The molecular formula is C18H15N. The second-order valence-corrected chi connectivity index (χ2v) is 4.66. The van der Waals surface area contributed by atoms with Crippen LogP contribution < -0.4 is 0 Å². The van der Waals surface area contributed by atoms with E-state index in [4.69, 9.17) is 0 Å². The SMILES string of the molecule is Cc1ccc(-c2ccc(-c3ccccc3)cn2)cc1. The first-order valence-electron chi connectivity index (χ1n) is 6.41. The van der Waals surface area contributed by atoms with Crippen LogP contribution in [0.15, 0.2) is 72.9 Å². The van der Waals surface area contributed by atoms with Gasteiger partial charge >= 0.3 is 0 Å². The number of benzene rings is 2. The normalized spacial score (nSPS) is 10.4. The number of aryl methyl sites for hydroxylation is 1. The lowest BCUT2D eigenvalue weighted by Crippen LogP contribution is -1.85. The molecule has 1 heteroatoms. The molecule has 92 valence electrons. The van der Waals surface area contributed by atoms with E-state index >= 15 is 0 Å². The van der Waals surface area contributed by atoms with E-state index in [1.165, 1.54) is 11.1 Å². The zero-order chi connectivity index (χ0) is 13.1. The Hall–Kier alpha value is -2.41. The van der Waals surface area contributed by atoms with Crippen molar-refractivity contribution >= 4 is 0 Å². The third kappa shape index (κ3) is 2.55. The topological polar surface area (TPSA) is 12.9 Å². The average Bonchev–Trinajstić information content (AvgIpc) is 2.49. The molecule has 3 aromatic rings. The van der Waals surface area contributed by atoms with Crippen molar-refractivity contribution in [2.75, 3.05) is 0 Å². The van der Waals surface area contributed by atoms with Crippen LogP contribution in [0, 0.1) is 6.92 Å². The molecule has 0 aliphatic heterocycles. The molecule has 1 nitrogen and oxygen atoms in total. The molecule has 0 aliphatic rings. The number of hydrogen-bond acceptors (Lipinski definition) is 1. The Bertz CT molecular complexity index is 652. The van der Waals surface area contributed by atoms with Gasteiger partial charge in [0.2, 0.25) is 0 Å². The van der Waals surface area contributed by atoms with Crippen LogP contribution in [0.4, 0.5) is 0 Å². The maximum absolute atomic E-state index is 4.55. The molecule has 0 fully saturated rings. The summed E-state index contributed by atoms with van der Waals surface area (Å²) >= 11 is 0. The van der Waals surface area contributed by atoms with Gasteiger partial charge in [-0.1, -0.05) is 66.2 Å². The Morgan fingerprint density at radius 3 is 1.95 bits per heavy atom. The lowest BCUT2D eigenvalue weighted by Gasteiger charge is -2.04. The molecule has 0 saturated heterocycles. The highest BCUT2D eigenvalue weighted by Gasteiger charge is 2.00. The van der Waals surface area contributed by atoms with Gasteiger partial charge in [-0.25, -0.2) is 0 Å². The first-order chi connectivity index (χ1) is 9.33. The standard InChI is InChI=1S/C18H15N/c1-14-7-9-16(10-8-14)18-12-11-17(13-19-18)15-5-3-2-4-6-15/h2-13H,1H3. The monoisotopic (exact) mass is 245 g/mol. The van der Waals surface area contributed by atoms with Crippen molar-refractivity contribution in [1.29, 1.82) is 0 Å². The van der Waals surface area contributed by atoms with Crippen LogP contribution in [-0.2, 0) is 0 Å². The van der Waals surface area contributed by atoms with E-state index in [1.807, 2.05) is 24.4 Å². The van der Waals surface area contributed by atoms with Gasteiger partial charge in [-0.3, -0.25) is 4.98 Å². The van der Waals surface area contributed by atoms with Gasteiger partial charge in [0.05, 0.1) is 5.69 Å². The fraction of sp³-hybridized carbons (Fsp3) is 0.0556. The lowest BCUT2D eigenvalue weighted by molar-refractivity contribution is 1.32. The summed E-state index contributed by atoms with van der Waals surface area (Å²) in [5.74, 6) is 0. The second kappa shape index (κ2) is 5.07. The van der Waals surface area contributed by atoms with Crippen LogP contribution in [0.5, 0.6) is 0 Å². The smallest absolute Gasteiger partial charge is 0.0702 e. The highest BCUT2D eigenvalue weighted by Crippen LogP contribution is 2.22. The molecule has 19 heavy (non-hydrogen) atoms. The Labute approximate surface area is 113 Å². The zero-order valence-electron chi connectivity index (χ0n) is 10.9. The van der Waals surface area contributed by atoms with E-state index in [9.17, 15) is 0 Å². The molecule has 0 aliphatic carbocycles. The fourth-order valence-electron chi connectivity index (χ4n) is 2.09. The summed E-state index contributed by atoms with van der Waals surface area (Å²) in [6.45, 7) is 2.09. The summed E-state index contributed by atoms with van der Waals surface area (Å²) in [5.41, 5.74) is 5.79. The highest BCUT2D eigenvalue weighted by molar-refractivity contribution is 5.66. The maximum Gasteiger partial charge on any atom is 0.0702 e. The molecule has 0 spiro atoms. The molecular weight excluding hydrogens is 230 g/mol. The molecule has 0 amide bonds. The van der Waals surface area contributed by atoms with Crippen molar-refractivity contribution in [3.8, 4) is 22.4 Å². The molecule has 0 atom stereocenters. The lowest BCUT2D eigenvalue weighted by atomic mass is 10.1. The maximum atomic E-state index is 4.55. The zero-order valence-corrected chi connectivity index (χ0v) is 10.9. The number of pyridine rings is 1. The molecule has 0 saturated carbocycles. The molecule has 0 radical (unpaired) electrons. The number of hydrogen-bond donors (Lipinski definition) is 0.